The third kappa shape index (κ3) is 1.68. The van der Waals surface area contributed by atoms with Gasteiger partial charge in [-0.2, -0.15) is 0 Å². The molecular formula is C13H14OS. The van der Waals surface area contributed by atoms with Crippen LogP contribution in [0.5, 0.6) is 0 Å². The van der Waals surface area contributed by atoms with Gasteiger partial charge in [0.2, 0.25) is 0 Å². The summed E-state index contributed by atoms with van der Waals surface area (Å²) in [5.74, 6) is 0.709. The monoisotopic (exact) mass is 218 g/mol. The van der Waals surface area contributed by atoms with E-state index in [4.69, 9.17) is 4.74 Å². The topological polar surface area (TPSA) is 9.23 Å². The Bertz CT molecular complexity index is 454. The quantitative estimate of drug-likeness (QED) is 0.707. The Balaban J connectivity index is 2.05. The highest BCUT2D eigenvalue weighted by Crippen LogP contribution is 2.34. The largest absolute Gasteiger partial charge is 0.381 e. The molecule has 0 bridgehead atoms. The molecule has 1 aromatic carbocycles. The fourth-order valence-electron chi connectivity index (χ4n) is 2.35. The van der Waals surface area contributed by atoms with Gasteiger partial charge >= 0.3 is 0 Å². The van der Waals surface area contributed by atoms with Gasteiger partial charge in [-0.3, -0.25) is 0 Å². The maximum atomic E-state index is 5.42. The first-order valence-corrected chi connectivity index (χ1v) is 6.37. The maximum Gasteiger partial charge on any atom is 0.0471 e. The van der Waals surface area contributed by atoms with Gasteiger partial charge in [0.15, 0.2) is 0 Å². The van der Waals surface area contributed by atoms with E-state index in [0.29, 0.717) is 5.92 Å². The number of benzene rings is 1. The van der Waals surface area contributed by atoms with Crippen LogP contribution in [0.3, 0.4) is 0 Å². The van der Waals surface area contributed by atoms with E-state index in [1.807, 2.05) is 11.3 Å². The first-order valence-electron chi connectivity index (χ1n) is 5.49. The van der Waals surface area contributed by atoms with E-state index < -0.39 is 0 Å². The SMILES string of the molecule is c1cc(C2CCOCC2)c2sccc2c1. The molecule has 2 heteroatoms. The fourth-order valence-corrected chi connectivity index (χ4v) is 3.34. The second-order valence-electron chi connectivity index (χ2n) is 4.07. The molecule has 0 saturated carbocycles. The van der Waals surface area contributed by atoms with Crippen molar-refractivity contribution in [2.45, 2.75) is 18.8 Å². The summed E-state index contributed by atoms with van der Waals surface area (Å²) in [5.41, 5.74) is 1.53. The van der Waals surface area contributed by atoms with Crippen LogP contribution in [0, 0.1) is 0 Å². The summed E-state index contributed by atoms with van der Waals surface area (Å²) >= 11 is 1.87. The molecular weight excluding hydrogens is 204 g/mol. The van der Waals surface area contributed by atoms with Crippen LogP contribution in [-0.2, 0) is 4.74 Å². The van der Waals surface area contributed by atoms with Crippen molar-refractivity contribution in [1.29, 1.82) is 0 Å². The Morgan fingerprint density at radius 2 is 2.00 bits per heavy atom. The third-order valence-electron chi connectivity index (χ3n) is 3.17. The van der Waals surface area contributed by atoms with E-state index in [9.17, 15) is 0 Å². The lowest BCUT2D eigenvalue weighted by Gasteiger charge is -2.22. The van der Waals surface area contributed by atoms with Crippen LogP contribution in [0.25, 0.3) is 10.1 Å². The van der Waals surface area contributed by atoms with Crippen molar-refractivity contribution in [1.82, 2.24) is 0 Å². The van der Waals surface area contributed by atoms with Gasteiger partial charge in [0.25, 0.3) is 0 Å². The van der Waals surface area contributed by atoms with Crippen molar-refractivity contribution in [3.63, 3.8) is 0 Å². The zero-order valence-corrected chi connectivity index (χ0v) is 9.43. The van der Waals surface area contributed by atoms with E-state index in [1.165, 1.54) is 28.5 Å². The number of hydrogen-bond donors (Lipinski definition) is 0. The van der Waals surface area contributed by atoms with Crippen molar-refractivity contribution in [2.24, 2.45) is 0 Å². The predicted molar refractivity (Wildman–Crippen MR) is 64.6 cm³/mol. The summed E-state index contributed by atoms with van der Waals surface area (Å²) in [7, 11) is 0. The summed E-state index contributed by atoms with van der Waals surface area (Å²) in [6.07, 6.45) is 2.36. The molecule has 15 heavy (non-hydrogen) atoms. The molecule has 1 aromatic heterocycles. The lowest BCUT2D eigenvalue weighted by molar-refractivity contribution is 0.0856. The second-order valence-corrected chi connectivity index (χ2v) is 4.99. The molecule has 2 heterocycles. The minimum Gasteiger partial charge on any atom is -0.381 e. The fraction of sp³-hybridized carbons (Fsp3) is 0.385. The molecule has 1 nitrogen and oxygen atoms in total. The summed E-state index contributed by atoms with van der Waals surface area (Å²) in [5, 5.41) is 3.58. The van der Waals surface area contributed by atoms with Crippen LogP contribution < -0.4 is 0 Å². The normalized spacial score (nSPS) is 18.4. The lowest BCUT2D eigenvalue weighted by Crippen LogP contribution is -2.13. The van der Waals surface area contributed by atoms with Gasteiger partial charge in [-0.25, -0.2) is 0 Å². The van der Waals surface area contributed by atoms with Gasteiger partial charge in [-0.05, 0) is 41.2 Å². The molecule has 2 aromatic rings. The van der Waals surface area contributed by atoms with Gasteiger partial charge < -0.3 is 4.74 Å². The molecule has 1 aliphatic rings. The van der Waals surface area contributed by atoms with Crippen molar-refractivity contribution < 1.29 is 4.74 Å². The Labute approximate surface area is 93.7 Å². The smallest absolute Gasteiger partial charge is 0.0471 e. The predicted octanol–water partition coefficient (Wildman–Crippen LogP) is 3.80. The average molecular weight is 218 g/mol. The van der Waals surface area contributed by atoms with Gasteiger partial charge in [0, 0.05) is 17.9 Å². The van der Waals surface area contributed by atoms with Crippen molar-refractivity contribution in [2.75, 3.05) is 13.2 Å². The Kier molecular flexibility index (Phi) is 2.47. The molecule has 0 unspecified atom stereocenters. The summed E-state index contributed by atoms with van der Waals surface area (Å²) < 4.78 is 6.89. The molecule has 78 valence electrons. The standard InChI is InChI=1S/C13H14OS/c1-2-11-6-9-15-13(11)12(3-1)10-4-7-14-8-5-10/h1-3,6,9-10H,4-5,7-8H2. The minimum atomic E-state index is 0.709. The maximum absolute atomic E-state index is 5.42. The average Bonchev–Trinajstić information content (AvgIpc) is 2.78. The van der Waals surface area contributed by atoms with Crippen LogP contribution in [-0.4, -0.2) is 13.2 Å². The van der Waals surface area contributed by atoms with E-state index >= 15 is 0 Å². The molecule has 1 aliphatic heterocycles. The van der Waals surface area contributed by atoms with Crippen molar-refractivity contribution in [3.8, 4) is 0 Å². The van der Waals surface area contributed by atoms with Gasteiger partial charge in [-0.15, -0.1) is 11.3 Å². The summed E-state index contributed by atoms with van der Waals surface area (Å²) in [6, 6.07) is 8.88. The molecule has 3 rings (SSSR count). The highest BCUT2D eigenvalue weighted by atomic mass is 32.1. The molecule has 0 N–H and O–H groups in total. The third-order valence-corrected chi connectivity index (χ3v) is 4.15. The van der Waals surface area contributed by atoms with E-state index in [2.05, 4.69) is 29.6 Å². The van der Waals surface area contributed by atoms with Crippen LogP contribution in [0.2, 0.25) is 0 Å². The van der Waals surface area contributed by atoms with Crippen LogP contribution >= 0.6 is 11.3 Å². The molecule has 0 spiro atoms. The van der Waals surface area contributed by atoms with Crippen LogP contribution in [0.1, 0.15) is 24.3 Å². The van der Waals surface area contributed by atoms with E-state index in [1.54, 1.807) is 0 Å². The minimum absolute atomic E-state index is 0.709. The zero-order valence-electron chi connectivity index (χ0n) is 8.61. The number of ether oxygens (including phenoxy) is 1. The summed E-state index contributed by atoms with van der Waals surface area (Å²) in [4.78, 5) is 0. The van der Waals surface area contributed by atoms with Crippen LogP contribution in [0.15, 0.2) is 29.6 Å². The highest BCUT2D eigenvalue weighted by Gasteiger charge is 2.18. The van der Waals surface area contributed by atoms with E-state index in [-0.39, 0.29) is 0 Å². The van der Waals surface area contributed by atoms with Crippen molar-refractivity contribution in [3.05, 3.63) is 35.2 Å². The molecule has 0 atom stereocenters. The molecule has 1 saturated heterocycles. The first-order chi connectivity index (χ1) is 7.45. The Morgan fingerprint density at radius 1 is 1.13 bits per heavy atom. The molecule has 0 radical (unpaired) electrons. The van der Waals surface area contributed by atoms with Crippen molar-refractivity contribution >= 4 is 21.4 Å². The second kappa shape index (κ2) is 3.95. The number of hydrogen-bond acceptors (Lipinski definition) is 2. The Hall–Kier alpha value is -0.860. The highest BCUT2D eigenvalue weighted by molar-refractivity contribution is 7.17. The number of thiophene rings is 1. The lowest BCUT2D eigenvalue weighted by atomic mass is 9.91. The molecule has 1 fully saturated rings. The first kappa shape index (κ1) is 9.37. The Morgan fingerprint density at radius 3 is 2.87 bits per heavy atom. The van der Waals surface area contributed by atoms with Gasteiger partial charge in [-0.1, -0.05) is 18.2 Å². The number of fused-ring (bicyclic) bond motifs is 1. The zero-order chi connectivity index (χ0) is 10.1. The van der Waals surface area contributed by atoms with Gasteiger partial charge in [0.05, 0.1) is 0 Å². The number of rotatable bonds is 1. The van der Waals surface area contributed by atoms with Gasteiger partial charge in [0.1, 0.15) is 0 Å². The molecule has 0 aliphatic carbocycles. The van der Waals surface area contributed by atoms with E-state index in [0.717, 1.165) is 13.2 Å². The summed E-state index contributed by atoms with van der Waals surface area (Å²) in [6.45, 7) is 1.85. The van der Waals surface area contributed by atoms with Crippen LogP contribution in [0.4, 0.5) is 0 Å². The molecule has 0 amide bonds.